The molecule has 0 radical (unpaired) electrons. The molecule has 1 atom stereocenters. The van der Waals surface area contributed by atoms with Gasteiger partial charge in [-0.1, -0.05) is 0 Å². The maximum atomic E-state index is 11.8. The predicted octanol–water partition coefficient (Wildman–Crippen LogP) is 1.05. The van der Waals surface area contributed by atoms with Gasteiger partial charge in [0.2, 0.25) is 0 Å². The van der Waals surface area contributed by atoms with Crippen LogP contribution in [0.1, 0.15) is 16.9 Å². The molecule has 1 aromatic rings. The van der Waals surface area contributed by atoms with E-state index in [9.17, 15) is 9.90 Å². The fraction of sp³-hybridized carbons (Fsp3) is 0.400. The largest absolute Gasteiger partial charge is 0.391 e. The molecule has 1 amide bonds. The molecular formula is C10H11BrN2O2. The third kappa shape index (κ3) is 2.35. The third-order valence-corrected chi connectivity index (χ3v) is 2.87. The number of aliphatic hydroxyl groups excluding tert-OH is 1. The average Bonchev–Trinajstić information content (AvgIpc) is 2.65. The van der Waals surface area contributed by atoms with Crippen LogP contribution in [0.15, 0.2) is 22.8 Å². The van der Waals surface area contributed by atoms with Crippen LogP contribution in [-0.2, 0) is 0 Å². The van der Waals surface area contributed by atoms with Gasteiger partial charge < -0.3 is 10.0 Å². The van der Waals surface area contributed by atoms with E-state index in [2.05, 4.69) is 20.9 Å². The Hall–Kier alpha value is -0.940. The van der Waals surface area contributed by atoms with Crippen LogP contribution in [0.5, 0.6) is 0 Å². The zero-order chi connectivity index (χ0) is 10.8. The van der Waals surface area contributed by atoms with Crippen molar-refractivity contribution in [2.75, 3.05) is 13.1 Å². The molecule has 15 heavy (non-hydrogen) atoms. The highest BCUT2D eigenvalue weighted by Gasteiger charge is 2.25. The zero-order valence-electron chi connectivity index (χ0n) is 8.06. The molecule has 1 aliphatic rings. The first-order chi connectivity index (χ1) is 7.16. The number of carbonyl (C=O) groups is 1. The van der Waals surface area contributed by atoms with Crippen LogP contribution >= 0.6 is 15.9 Å². The molecule has 1 fully saturated rings. The zero-order valence-corrected chi connectivity index (χ0v) is 9.64. The van der Waals surface area contributed by atoms with Crippen LogP contribution in [0.25, 0.3) is 0 Å². The van der Waals surface area contributed by atoms with Gasteiger partial charge in [0.25, 0.3) is 5.91 Å². The van der Waals surface area contributed by atoms with Crippen LogP contribution in [0, 0.1) is 0 Å². The SMILES string of the molecule is O=C(c1ccc(Br)cn1)N1CC[C@H](O)C1. The Bertz CT molecular complexity index is 366. The van der Waals surface area contributed by atoms with Gasteiger partial charge in [-0.05, 0) is 34.5 Å². The van der Waals surface area contributed by atoms with E-state index in [-0.39, 0.29) is 12.0 Å². The topological polar surface area (TPSA) is 53.4 Å². The minimum Gasteiger partial charge on any atom is -0.391 e. The van der Waals surface area contributed by atoms with Gasteiger partial charge in [0.05, 0.1) is 6.10 Å². The van der Waals surface area contributed by atoms with Crippen LogP contribution < -0.4 is 0 Å². The Kier molecular flexibility index (Phi) is 3.02. The Morgan fingerprint density at radius 1 is 1.60 bits per heavy atom. The number of likely N-dealkylation sites (tertiary alicyclic amines) is 1. The normalized spacial score (nSPS) is 20.7. The van der Waals surface area contributed by atoms with Crippen molar-refractivity contribution in [3.05, 3.63) is 28.5 Å². The molecule has 1 aromatic heterocycles. The van der Waals surface area contributed by atoms with E-state index in [1.165, 1.54) is 0 Å². The van der Waals surface area contributed by atoms with E-state index in [0.29, 0.717) is 25.2 Å². The summed E-state index contributed by atoms with van der Waals surface area (Å²) >= 11 is 3.26. The van der Waals surface area contributed by atoms with Crippen molar-refractivity contribution in [2.24, 2.45) is 0 Å². The summed E-state index contributed by atoms with van der Waals surface area (Å²) < 4.78 is 0.848. The van der Waals surface area contributed by atoms with Crippen molar-refractivity contribution in [1.29, 1.82) is 0 Å². The first-order valence-electron chi connectivity index (χ1n) is 4.76. The average molecular weight is 271 g/mol. The molecular weight excluding hydrogens is 260 g/mol. The maximum absolute atomic E-state index is 11.8. The molecule has 4 nitrogen and oxygen atoms in total. The fourth-order valence-electron chi connectivity index (χ4n) is 1.59. The number of aromatic nitrogens is 1. The Morgan fingerprint density at radius 3 is 2.93 bits per heavy atom. The van der Waals surface area contributed by atoms with Gasteiger partial charge in [-0.25, -0.2) is 4.98 Å². The predicted molar refractivity (Wildman–Crippen MR) is 58.5 cm³/mol. The standard InChI is InChI=1S/C10H11BrN2O2/c11-7-1-2-9(12-5-7)10(15)13-4-3-8(14)6-13/h1-2,5,8,14H,3-4,6H2/t8-/m0/s1. The molecule has 0 saturated carbocycles. The van der Waals surface area contributed by atoms with Crippen LogP contribution in [0.4, 0.5) is 0 Å². The van der Waals surface area contributed by atoms with Gasteiger partial charge in [-0.2, -0.15) is 0 Å². The lowest BCUT2D eigenvalue weighted by Gasteiger charge is -2.14. The lowest BCUT2D eigenvalue weighted by molar-refractivity contribution is 0.0759. The molecule has 0 spiro atoms. The summed E-state index contributed by atoms with van der Waals surface area (Å²) in [6.07, 6.45) is 1.87. The number of hydrogen-bond acceptors (Lipinski definition) is 3. The number of halogens is 1. The van der Waals surface area contributed by atoms with Crippen molar-refractivity contribution in [1.82, 2.24) is 9.88 Å². The van der Waals surface area contributed by atoms with Gasteiger partial charge in [0, 0.05) is 23.8 Å². The maximum Gasteiger partial charge on any atom is 0.272 e. The van der Waals surface area contributed by atoms with Crippen LogP contribution in [0.2, 0.25) is 0 Å². The highest BCUT2D eigenvalue weighted by molar-refractivity contribution is 9.10. The summed E-state index contributed by atoms with van der Waals surface area (Å²) in [6, 6.07) is 3.46. The Morgan fingerprint density at radius 2 is 2.40 bits per heavy atom. The second-order valence-corrected chi connectivity index (χ2v) is 4.47. The first-order valence-corrected chi connectivity index (χ1v) is 5.55. The van der Waals surface area contributed by atoms with Crippen molar-refractivity contribution in [2.45, 2.75) is 12.5 Å². The lowest BCUT2D eigenvalue weighted by atomic mass is 10.3. The number of carbonyl (C=O) groups excluding carboxylic acids is 1. The fourth-order valence-corrected chi connectivity index (χ4v) is 1.83. The molecule has 1 saturated heterocycles. The summed E-state index contributed by atoms with van der Waals surface area (Å²) in [6.45, 7) is 1.02. The number of β-amino-alcohol motifs (C(OH)–C–C–N with tert-alkyl or cyclic N) is 1. The quantitative estimate of drug-likeness (QED) is 0.830. The molecule has 0 unspecified atom stereocenters. The minimum absolute atomic E-state index is 0.112. The molecule has 1 N–H and O–H groups in total. The van der Waals surface area contributed by atoms with Gasteiger partial charge in [0.15, 0.2) is 0 Å². The monoisotopic (exact) mass is 270 g/mol. The molecule has 0 aliphatic carbocycles. The van der Waals surface area contributed by atoms with Gasteiger partial charge >= 0.3 is 0 Å². The Balaban J connectivity index is 2.11. The smallest absolute Gasteiger partial charge is 0.272 e. The highest BCUT2D eigenvalue weighted by Crippen LogP contribution is 2.13. The highest BCUT2D eigenvalue weighted by atomic mass is 79.9. The van der Waals surface area contributed by atoms with Crippen LogP contribution in [0.3, 0.4) is 0 Å². The number of amides is 1. The molecule has 2 heterocycles. The summed E-state index contributed by atoms with van der Waals surface area (Å²) in [5.74, 6) is -0.112. The number of pyridine rings is 1. The summed E-state index contributed by atoms with van der Waals surface area (Å²) in [4.78, 5) is 17.5. The number of hydrogen-bond donors (Lipinski definition) is 1. The second kappa shape index (κ2) is 4.28. The first kappa shape index (κ1) is 10.6. The number of nitrogens with zero attached hydrogens (tertiary/aromatic N) is 2. The van der Waals surface area contributed by atoms with E-state index in [1.54, 1.807) is 23.2 Å². The summed E-state index contributed by atoms with van der Waals surface area (Å²) in [5.41, 5.74) is 0.423. The van der Waals surface area contributed by atoms with E-state index < -0.39 is 0 Å². The van der Waals surface area contributed by atoms with Crippen LogP contribution in [-0.4, -0.2) is 40.1 Å². The van der Waals surface area contributed by atoms with Crippen molar-refractivity contribution in [3.8, 4) is 0 Å². The minimum atomic E-state index is -0.385. The Labute approximate surface area is 96.1 Å². The molecule has 0 aromatic carbocycles. The molecule has 5 heteroatoms. The van der Waals surface area contributed by atoms with Gasteiger partial charge in [0.1, 0.15) is 5.69 Å². The summed E-state index contributed by atoms with van der Waals surface area (Å²) in [7, 11) is 0. The van der Waals surface area contributed by atoms with E-state index >= 15 is 0 Å². The van der Waals surface area contributed by atoms with Crippen molar-refractivity contribution in [3.63, 3.8) is 0 Å². The molecule has 2 rings (SSSR count). The van der Waals surface area contributed by atoms with Crippen molar-refractivity contribution >= 4 is 21.8 Å². The third-order valence-electron chi connectivity index (χ3n) is 2.40. The molecule has 80 valence electrons. The van der Waals surface area contributed by atoms with Gasteiger partial charge in [-0.3, -0.25) is 4.79 Å². The van der Waals surface area contributed by atoms with E-state index in [1.807, 2.05) is 0 Å². The van der Waals surface area contributed by atoms with E-state index in [4.69, 9.17) is 0 Å². The van der Waals surface area contributed by atoms with Crippen molar-refractivity contribution < 1.29 is 9.90 Å². The number of aliphatic hydroxyl groups is 1. The number of rotatable bonds is 1. The van der Waals surface area contributed by atoms with Gasteiger partial charge in [-0.15, -0.1) is 0 Å². The second-order valence-electron chi connectivity index (χ2n) is 3.56. The lowest BCUT2D eigenvalue weighted by Crippen LogP contribution is -2.30. The molecule has 1 aliphatic heterocycles. The summed E-state index contributed by atoms with van der Waals surface area (Å²) in [5, 5.41) is 9.32. The molecule has 0 bridgehead atoms. The van der Waals surface area contributed by atoms with E-state index in [0.717, 1.165) is 4.47 Å².